The third kappa shape index (κ3) is 5.87. The number of nitrogens with two attached hydrogens (primary N) is 1. The number of piperidine rings is 1. The van der Waals surface area contributed by atoms with Gasteiger partial charge in [0.1, 0.15) is 17.7 Å². The van der Waals surface area contributed by atoms with Crippen molar-refractivity contribution in [3.8, 4) is 0 Å². The van der Waals surface area contributed by atoms with Crippen LogP contribution in [0, 0.1) is 11.1 Å². The molecule has 0 spiro atoms. The molecule has 1 aliphatic rings. The summed E-state index contributed by atoms with van der Waals surface area (Å²) in [7, 11) is 0. The number of rotatable bonds is 10. The average molecular weight is 496 g/mol. The van der Waals surface area contributed by atoms with Gasteiger partial charge < -0.3 is 25.9 Å². The normalized spacial score (nSPS) is 16.9. The van der Waals surface area contributed by atoms with Crippen LogP contribution in [0.15, 0.2) is 36.8 Å². The molecule has 0 radical (unpaired) electrons. The zero-order chi connectivity index (χ0) is 25.7. The van der Waals surface area contributed by atoms with Gasteiger partial charge in [0, 0.05) is 48.8 Å². The maximum Gasteiger partial charge on any atom is 0.323 e. The van der Waals surface area contributed by atoms with Crippen molar-refractivity contribution in [2.24, 2.45) is 11.7 Å². The van der Waals surface area contributed by atoms with E-state index < -0.39 is 6.04 Å². The van der Waals surface area contributed by atoms with E-state index in [1.807, 2.05) is 36.7 Å². The van der Waals surface area contributed by atoms with Gasteiger partial charge in [-0.2, -0.15) is 14.3 Å². The number of hydrogen-bond donors (Lipinski definition) is 2. The second-order valence-corrected chi connectivity index (χ2v) is 9.75. The minimum Gasteiger partial charge on any atom is -0.619 e. The van der Waals surface area contributed by atoms with E-state index in [1.165, 1.54) is 6.20 Å². The molecule has 4 rings (SSSR count). The summed E-state index contributed by atoms with van der Waals surface area (Å²) in [4.78, 5) is 19.5. The molecular weight excluding hydrogens is 458 g/mol. The van der Waals surface area contributed by atoms with E-state index in [4.69, 9.17) is 15.5 Å². The number of hydrogen-bond acceptors (Lipinski definition) is 8. The zero-order valence-corrected chi connectivity index (χ0v) is 21.4. The number of nitrogens with one attached hydrogen (secondary N) is 1. The smallest absolute Gasteiger partial charge is 0.323 e. The fraction of sp³-hybridized carbons (Fsp3) is 0.538. The highest BCUT2D eigenvalue weighted by atomic mass is 16.5. The number of aryl methyl sites for hydroxylation is 1. The first-order valence-corrected chi connectivity index (χ1v) is 12.9. The van der Waals surface area contributed by atoms with Gasteiger partial charge in [0.2, 0.25) is 0 Å². The van der Waals surface area contributed by atoms with E-state index in [-0.39, 0.29) is 17.9 Å². The molecule has 2 atom stereocenters. The molecule has 3 aromatic heterocycles. The third-order valence-corrected chi connectivity index (χ3v) is 6.83. The summed E-state index contributed by atoms with van der Waals surface area (Å²) in [5.74, 6) is 1.39. The Morgan fingerprint density at radius 1 is 1.39 bits per heavy atom. The molecule has 1 saturated heterocycles. The van der Waals surface area contributed by atoms with Crippen molar-refractivity contribution >= 4 is 23.3 Å². The molecule has 0 aliphatic carbocycles. The van der Waals surface area contributed by atoms with E-state index in [1.54, 1.807) is 12.3 Å². The van der Waals surface area contributed by atoms with E-state index in [0.29, 0.717) is 13.2 Å². The van der Waals surface area contributed by atoms with Crippen molar-refractivity contribution in [3.05, 3.63) is 53.1 Å². The molecule has 10 nitrogen and oxygen atoms in total. The minimum atomic E-state index is -0.597. The Hall–Kier alpha value is -3.40. The van der Waals surface area contributed by atoms with Crippen molar-refractivity contribution < 1.29 is 14.3 Å². The van der Waals surface area contributed by atoms with E-state index >= 15 is 0 Å². The third-order valence-electron chi connectivity index (χ3n) is 6.83. The number of carbonyl (C=O) groups is 1. The van der Waals surface area contributed by atoms with E-state index in [0.717, 1.165) is 71.8 Å². The maximum atomic E-state index is 12.2. The predicted molar refractivity (Wildman–Crippen MR) is 138 cm³/mol. The average Bonchev–Trinajstić information content (AvgIpc) is 3.30. The Balaban J connectivity index is 1.55. The zero-order valence-electron chi connectivity index (χ0n) is 21.4. The molecule has 1 aliphatic heterocycles. The molecule has 3 aromatic rings. The lowest BCUT2D eigenvalue weighted by Crippen LogP contribution is -2.42. The summed E-state index contributed by atoms with van der Waals surface area (Å²) in [5, 5.41) is 19.7. The summed E-state index contributed by atoms with van der Waals surface area (Å²) < 4.78 is 8.12. The molecule has 0 bridgehead atoms. The van der Waals surface area contributed by atoms with Crippen LogP contribution < -0.4 is 20.7 Å². The van der Waals surface area contributed by atoms with Gasteiger partial charge in [0.05, 0.1) is 12.8 Å². The molecule has 0 amide bonds. The monoisotopic (exact) mass is 495 g/mol. The lowest BCUT2D eigenvalue weighted by molar-refractivity contribution is -0.605. The van der Waals surface area contributed by atoms with Crippen molar-refractivity contribution in [1.29, 1.82) is 0 Å². The highest BCUT2D eigenvalue weighted by molar-refractivity contribution is 5.75. The SMILES string of the molecule is CCc1cnn2c(NCc3ccc[n+]([O-])c3)cc(N3CCCC[C@H]3CCOC(=O)[C@@H](N)C(C)C)nc12. The second kappa shape index (κ2) is 11.6. The molecule has 10 heteroatoms. The Labute approximate surface area is 212 Å². The highest BCUT2D eigenvalue weighted by Crippen LogP contribution is 2.29. The van der Waals surface area contributed by atoms with Crippen LogP contribution >= 0.6 is 0 Å². The fourth-order valence-corrected chi connectivity index (χ4v) is 4.58. The number of aromatic nitrogens is 4. The van der Waals surface area contributed by atoms with Gasteiger partial charge in [-0.05, 0) is 37.7 Å². The maximum absolute atomic E-state index is 12.2. The van der Waals surface area contributed by atoms with Gasteiger partial charge in [-0.3, -0.25) is 4.79 Å². The topological polar surface area (TPSA) is 125 Å². The van der Waals surface area contributed by atoms with Gasteiger partial charge in [-0.1, -0.05) is 20.8 Å². The van der Waals surface area contributed by atoms with Gasteiger partial charge >= 0.3 is 5.97 Å². The predicted octanol–water partition coefficient (Wildman–Crippen LogP) is 2.81. The van der Waals surface area contributed by atoms with Crippen LogP contribution in [0.1, 0.15) is 57.6 Å². The lowest BCUT2D eigenvalue weighted by atomic mass is 9.99. The standard InChI is InChI=1S/C26H37N7O3/c1-4-20-16-29-33-22(28-15-19-8-7-11-31(35)17-19)14-23(30-25(20)33)32-12-6-5-9-21(32)10-13-36-26(34)24(27)18(2)3/h7-8,11,14,16-18,21,24,28H,4-6,9-10,12-13,15,27H2,1-3H3/t21-,24-/m0/s1. The Morgan fingerprint density at radius 3 is 2.97 bits per heavy atom. The van der Waals surface area contributed by atoms with Crippen LogP contribution in [0.4, 0.5) is 11.6 Å². The van der Waals surface area contributed by atoms with Crippen LogP contribution in [0.5, 0.6) is 0 Å². The van der Waals surface area contributed by atoms with Crippen LogP contribution in [0.2, 0.25) is 0 Å². The van der Waals surface area contributed by atoms with Crippen LogP contribution in [-0.2, 0) is 22.5 Å². The van der Waals surface area contributed by atoms with Crippen molar-refractivity contribution in [3.63, 3.8) is 0 Å². The number of ether oxygens (including phenoxy) is 1. The molecule has 36 heavy (non-hydrogen) atoms. The van der Waals surface area contributed by atoms with Gasteiger partial charge in [0.15, 0.2) is 18.0 Å². The van der Waals surface area contributed by atoms with Crippen LogP contribution in [0.3, 0.4) is 0 Å². The summed E-state index contributed by atoms with van der Waals surface area (Å²) in [6.07, 6.45) is 9.65. The Bertz CT molecular complexity index is 1180. The summed E-state index contributed by atoms with van der Waals surface area (Å²) in [5.41, 5.74) is 8.70. The molecule has 0 unspecified atom stereocenters. The summed E-state index contributed by atoms with van der Waals surface area (Å²) in [6.45, 7) is 7.63. The lowest BCUT2D eigenvalue weighted by Gasteiger charge is -2.37. The first-order chi connectivity index (χ1) is 17.4. The molecule has 4 heterocycles. The number of carbonyl (C=O) groups excluding carboxylic acids is 1. The quantitative estimate of drug-likeness (QED) is 0.250. The van der Waals surface area contributed by atoms with Gasteiger partial charge in [-0.25, -0.2) is 4.98 Å². The largest absolute Gasteiger partial charge is 0.619 e. The Morgan fingerprint density at radius 2 is 2.22 bits per heavy atom. The van der Waals surface area contributed by atoms with E-state index in [9.17, 15) is 10.0 Å². The molecule has 3 N–H and O–H groups in total. The highest BCUT2D eigenvalue weighted by Gasteiger charge is 2.26. The van der Waals surface area contributed by atoms with Gasteiger partial charge in [-0.15, -0.1) is 0 Å². The van der Waals surface area contributed by atoms with Crippen molar-refractivity contribution in [2.45, 2.75) is 71.5 Å². The second-order valence-electron chi connectivity index (χ2n) is 9.75. The summed E-state index contributed by atoms with van der Waals surface area (Å²) in [6, 6.07) is 5.28. The number of anilines is 2. The van der Waals surface area contributed by atoms with E-state index in [2.05, 4.69) is 22.2 Å². The van der Waals surface area contributed by atoms with Crippen molar-refractivity contribution in [2.75, 3.05) is 23.4 Å². The molecule has 1 fully saturated rings. The molecule has 0 aromatic carbocycles. The number of esters is 1. The molecular formula is C26H37N7O3. The molecule has 0 saturated carbocycles. The van der Waals surface area contributed by atoms with Crippen LogP contribution in [0.25, 0.3) is 5.65 Å². The first kappa shape index (κ1) is 25.7. The Kier molecular flexibility index (Phi) is 8.25. The minimum absolute atomic E-state index is 0.0450. The summed E-state index contributed by atoms with van der Waals surface area (Å²) >= 11 is 0. The fourth-order valence-electron chi connectivity index (χ4n) is 4.58. The number of fused-ring (bicyclic) bond motifs is 1. The van der Waals surface area contributed by atoms with Gasteiger partial charge in [0.25, 0.3) is 0 Å². The number of pyridine rings is 1. The molecule has 194 valence electrons. The van der Waals surface area contributed by atoms with Crippen molar-refractivity contribution in [1.82, 2.24) is 14.6 Å². The van der Waals surface area contributed by atoms with Crippen LogP contribution in [-0.4, -0.2) is 45.8 Å². The number of nitrogens with zero attached hydrogens (tertiary/aromatic N) is 5. The first-order valence-electron chi connectivity index (χ1n) is 12.9.